The summed E-state index contributed by atoms with van der Waals surface area (Å²) in [5.41, 5.74) is 6.93. The minimum absolute atomic E-state index is 0.112. The highest BCUT2D eigenvalue weighted by Crippen LogP contribution is 2.71. The van der Waals surface area contributed by atoms with Crippen LogP contribution in [0.1, 0.15) is 67.7 Å². The smallest absolute Gasteiger partial charge is 0.196 e. The number of phenolic OH excluding ortho intramolecular Hbond substituents is 1. The van der Waals surface area contributed by atoms with E-state index in [-0.39, 0.29) is 5.78 Å². The Morgan fingerprint density at radius 3 is 2.62 bits per heavy atom. The van der Waals surface area contributed by atoms with Crippen LogP contribution in [0.25, 0.3) is 6.08 Å². The van der Waals surface area contributed by atoms with Crippen LogP contribution in [0, 0.1) is 39.0 Å². The lowest BCUT2D eigenvalue weighted by molar-refractivity contribution is 0.105. The van der Waals surface area contributed by atoms with Crippen molar-refractivity contribution in [1.82, 2.24) is 0 Å². The Balaban J connectivity index is 1.65. The van der Waals surface area contributed by atoms with Crippen molar-refractivity contribution >= 4 is 23.2 Å². The van der Waals surface area contributed by atoms with Gasteiger partial charge in [0.15, 0.2) is 5.78 Å². The molecule has 26 heavy (non-hydrogen) atoms. The molecule has 2 atom stereocenters. The van der Waals surface area contributed by atoms with Gasteiger partial charge >= 0.3 is 0 Å². The zero-order valence-corrected chi connectivity index (χ0v) is 17.2. The highest BCUT2D eigenvalue weighted by molar-refractivity contribution is 7.14. The highest BCUT2D eigenvalue weighted by Gasteiger charge is 2.63. The van der Waals surface area contributed by atoms with Crippen molar-refractivity contribution in [3.63, 3.8) is 0 Å². The molecule has 1 heterocycles. The molecular formula is C23H26O2S. The average Bonchev–Trinajstić information content (AvgIpc) is 2.94. The Morgan fingerprint density at radius 2 is 1.92 bits per heavy atom. The number of fused-ring (bicyclic) bond motifs is 3. The molecule has 0 radical (unpaired) electrons. The van der Waals surface area contributed by atoms with Crippen molar-refractivity contribution < 1.29 is 9.90 Å². The Labute approximate surface area is 159 Å². The highest BCUT2D eigenvalue weighted by atomic mass is 32.1. The molecule has 3 heteroatoms. The molecule has 1 N–H and O–H groups in total. The SMILES string of the molecule is Cc1cc(/C=C/C(=O)c2sc(C)c3c2C[C@@H]2[C@H]3C2(C)C)c(C)c(C)c1O. The molecule has 0 unspecified atom stereocenters. The quantitative estimate of drug-likeness (QED) is 0.544. The number of thiophene rings is 1. The molecule has 1 aromatic carbocycles. The minimum atomic E-state index is 0.112. The van der Waals surface area contributed by atoms with Crippen LogP contribution in [0.3, 0.4) is 0 Å². The first-order chi connectivity index (χ1) is 12.1. The second-order valence-corrected chi connectivity index (χ2v) is 9.79. The molecule has 2 nitrogen and oxygen atoms in total. The van der Waals surface area contributed by atoms with Crippen molar-refractivity contribution in [3.8, 4) is 5.75 Å². The molecule has 2 aliphatic rings. The Hall–Kier alpha value is -1.87. The molecule has 4 rings (SSSR count). The number of carbonyl (C=O) groups excluding carboxylic acids is 1. The third kappa shape index (κ3) is 2.33. The van der Waals surface area contributed by atoms with Gasteiger partial charge in [-0.1, -0.05) is 19.9 Å². The van der Waals surface area contributed by atoms with Gasteiger partial charge in [-0.25, -0.2) is 0 Å². The summed E-state index contributed by atoms with van der Waals surface area (Å²) < 4.78 is 0. The monoisotopic (exact) mass is 366 g/mol. The molecule has 0 saturated heterocycles. The zero-order valence-electron chi connectivity index (χ0n) is 16.4. The molecular weight excluding hydrogens is 340 g/mol. The van der Waals surface area contributed by atoms with Crippen molar-refractivity contribution in [3.05, 3.63) is 55.3 Å². The lowest BCUT2D eigenvalue weighted by Gasteiger charge is -2.10. The Bertz CT molecular complexity index is 975. The number of phenols is 1. The summed E-state index contributed by atoms with van der Waals surface area (Å²) in [5, 5.41) is 10.1. The predicted octanol–water partition coefficient (Wildman–Crippen LogP) is 5.88. The minimum Gasteiger partial charge on any atom is -0.507 e. The van der Waals surface area contributed by atoms with Crippen LogP contribution in [0.5, 0.6) is 5.75 Å². The van der Waals surface area contributed by atoms with Gasteiger partial charge < -0.3 is 5.11 Å². The molecule has 1 fully saturated rings. The summed E-state index contributed by atoms with van der Waals surface area (Å²) >= 11 is 1.66. The number of aromatic hydroxyl groups is 1. The number of allylic oxidation sites excluding steroid dienone is 1. The summed E-state index contributed by atoms with van der Waals surface area (Å²) in [4.78, 5) is 15.1. The van der Waals surface area contributed by atoms with E-state index in [4.69, 9.17) is 0 Å². The normalized spacial score (nSPS) is 22.5. The van der Waals surface area contributed by atoms with Crippen LogP contribution < -0.4 is 0 Å². The van der Waals surface area contributed by atoms with E-state index in [0.717, 1.165) is 39.5 Å². The van der Waals surface area contributed by atoms with Gasteiger partial charge in [0.2, 0.25) is 0 Å². The fraction of sp³-hybridized carbons (Fsp3) is 0.435. The fourth-order valence-corrected chi connectivity index (χ4v) is 6.00. The molecule has 136 valence electrons. The van der Waals surface area contributed by atoms with E-state index in [1.807, 2.05) is 32.9 Å². The Morgan fingerprint density at radius 1 is 1.23 bits per heavy atom. The standard InChI is InChI=1S/C23H26O2S/c1-11-9-15(12(2)13(3)21(11)25)7-8-18(24)22-16-10-17-20(23(17,5)6)19(16)14(4)26-22/h7-9,17,20,25H,10H2,1-6H3/b8-7+/t17-,20-/m1/s1. The number of hydrogen-bond donors (Lipinski definition) is 1. The van der Waals surface area contributed by atoms with Crippen LogP contribution in [0.2, 0.25) is 0 Å². The summed E-state index contributed by atoms with van der Waals surface area (Å²) in [6, 6.07) is 1.95. The molecule has 1 aromatic heterocycles. The van der Waals surface area contributed by atoms with E-state index in [1.54, 1.807) is 17.4 Å². The number of aryl methyl sites for hydroxylation is 2. The van der Waals surface area contributed by atoms with E-state index in [1.165, 1.54) is 16.0 Å². The lowest BCUT2D eigenvalue weighted by atomic mass is 9.94. The van der Waals surface area contributed by atoms with Crippen molar-refractivity contribution in [2.75, 3.05) is 0 Å². The van der Waals surface area contributed by atoms with Gasteiger partial charge in [-0.15, -0.1) is 11.3 Å². The molecule has 2 aliphatic carbocycles. The largest absolute Gasteiger partial charge is 0.507 e. The van der Waals surface area contributed by atoms with E-state index in [0.29, 0.717) is 17.1 Å². The van der Waals surface area contributed by atoms with Crippen molar-refractivity contribution in [2.45, 2.75) is 53.9 Å². The van der Waals surface area contributed by atoms with Gasteiger partial charge in [0.25, 0.3) is 0 Å². The molecule has 0 bridgehead atoms. The maximum Gasteiger partial charge on any atom is 0.196 e. The maximum absolute atomic E-state index is 12.9. The van der Waals surface area contributed by atoms with Gasteiger partial charge in [0, 0.05) is 4.88 Å². The molecule has 0 spiro atoms. The lowest BCUT2D eigenvalue weighted by Crippen LogP contribution is -2.03. The molecule has 0 amide bonds. The number of rotatable bonds is 3. The second kappa shape index (κ2) is 5.56. The zero-order chi connectivity index (χ0) is 19.0. The topological polar surface area (TPSA) is 37.3 Å². The van der Waals surface area contributed by atoms with Crippen LogP contribution in [-0.2, 0) is 6.42 Å². The van der Waals surface area contributed by atoms with Gasteiger partial charge in [-0.2, -0.15) is 0 Å². The van der Waals surface area contributed by atoms with E-state index < -0.39 is 0 Å². The summed E-state index contributed by atoms with van der Waals surface area (Å²) in [6.07, 6.45) is 4.67. The van der Waals surface area contributed by atoms with Crippen molar-refractivity contribution in [2.24, 2.45) is 11.3 Å². The number of hydrogen-bond acceptors (Lipinski definition) is 3. The van der Waals surface area contributed by atoms with Gasteiger partial charge in [-0.05, 0) is 96.9 Å². The molecule has 1 saturated carbocycles. The van der Waals surface area contributed by atoms with E-state index >= 15 is 0 Å². The Kier molecular flexibility index (Phi) is 3.75. The second-order valence-electron chi connectivity index (χ2n) is 8.57. The summed E-state index contributed by atoms with van der Waals surface area (Å²) in [7, 11) is 0. The first kappa shape index (κ1) is 17.5. The maximum atomic E-state index is 12.9. The van der Waals surface area contributed by atoms with Gasteiger partial charge in [-0.3, -0.25) is 4.79 Å². The third-order valence-electron chi connectivity index (χ3n) is 6.75. The number of carbonyl (C=O) groups is 1. The summed E-state index contributed by atoms with van der Waals surface area (Å²) in [5.74, 6) is 1.84. The van der Waals surface area contributed by atoms with Gasteiger partial charge in [0.05, 0.1) is 4.88 Å². The fourth-order valence-electron chi connectivity index (χ4n) is 4.84. The van der Waals surface area contributed by atoms with E-state index in [2.05, 4.69) is 20.8 Å². The van der Waals surface area contributed by atoms with E-state index in [9.17, 15) is 9.90 Å². The van der Waals surface area contributed by atoms with Crippen LogP contribution >= 0.6 is 11.3 Å². The van der Waals surface area contributed by atoms with Crippen molar-refractivity contribution in [1.29, 1.82) is 0 Å². The predicted molar refractivity (Wildman–Crippen MR) is 108 cm³/mol. The molecule has 0 aliphatic heterocycles. The summed E-state index contributed by atoms with van der Waals surface area (Å²) in [6.45, 7) is 12.7. The van der Waals surface area contributed by atoms with Crippen LogP contribution in [0.15, 0.2) is 12.1 Å². The number of ketones is 1. The number of benzene rings is 1. The third-order valence-corrected chi connectivity index (χ3v) is 7.93. The first-order valence-electron chi connectivity index (χ1n) is 9.29. The average molecular weight is 367 g/mol. The van der Waals surface area contributed by atoms with Gasteiger partial charge in [0.1, 0.15) is 5.75 Å². The van der Waals surface area contributed by atoms with Crippen LogP contribution in [-0.4, -0.2) is 10.9 Å². The van der Waals surface area contributed by atoms with Crippen LogP contribution in [0.4, 0.5) is 0 Å². The first-order valence-corrected chi connectivity index (χ1v) is 10.1. The molecule has 2 aromatic rings.